The van der Waals surface area contributed by atoms with Crippen LogP contribution in [-0.2, 0) is 0 Å². The Morgan fingerprint density at radius 2 is 2.26 bits per heavy atom. The summed E-state index contributed by atoms with van der Waals surface area (Å²) in [5.41, 5.74) is 2.36. The highest BCUT2D eigenvalue weighted by Crippen LogP contribution is 2.29. The molecule has 1 aromatic heterocycles. The molecule has 0 spiro atoms. The van der Waals surface area contributed by atoms with Crippen molar-refractivity contribution in [3.05, 3.63) is 43.0 Å². The molecule has 3 nitrogen and oxygen atoms in total. The highest BCUT2D eigenvalue weighted by Gasteiger charge is 2.22. The molecular formula is C15H19N3S. The van der Waals surface area contributed by atoms with E-state index in [1.807, 2.05) is 18.7 Å². The van der Waals surface area contributed by atoms with Crippen LogP contribution in [0, 0.1) is 0 Å². The quantitative estimate of drug-likeness (QED) is 0.927. The first kappa shape index (κ1) is 12.6. The van der Waals surface area contributed by atoms with Crippen LogP contribution < -0.4 is 5.32 Å². The molecule has 0 radical (unpaired) electrons. The first-order valence-corrected chi connectivity index (χ1v) is 7.85. The summed E-state index contributed by atoms with van der Waals surface area (Å²) in [5, 5.41) is 4.39. The molecular weight excluding hydrogens is 254 g/mol. The third kappa shape index (κ3) is 2.78. The molecule has 0 aliphatic carbocycles. The van der Waals surface area contributed by atoms with Crippen molar-refractivity contribution in [3.8, 4) is 5.69 Å². The van der Waals surface area contributed by atoms with Crippen LogP contribution in [0.3, 0.4) is 0 Å². The summed E-state index contributed by atoms with van der Waals surface area (Å²) < 4.78 is 2.06. The minimum atomic E-state index is 0.559. The summed E-state index contributed by atoms with van der Waals surface area (Å²) in [6.45, 7) is 2.32. The molecule has 1 N–H and O–H groups in total. The number of rotatable bonds is 3. The molecule has 2 unspecified atom stereocenters. The average molecular weight is 273 g/mol. The number of nitrogens with one attached hydrogen (secondary N) is 1. The number of benzene rings is 1. The number of para-hydroxylation sites is 2. The van der Waals surface area contributed by atoms with E-state index in [9.17, 15) is 0 Å². The van der Waals surface area contributed by atoms with Crippen LogP contribution in [0.15, 0.2) is 43.0 Å². The zero-order valence-corrected chi connectivity index (χ0v) is 11.9. The van der Waals surface area contributed by atoms with Crippen molar-refractivity contribution in [2.75, 3.05) is 11.1 Å². The van der Waals surface area contributed by atoms with Gasteiger partial charge in [-0.25, -0.2) is 4.98 Å². The molecule has 0 amide bonds. The van der Waals surface area contributed by atoms with Crippen molar-refractivity contribution >= 4 is 17.4 Å². The molecule has 2 atom stereocenters. The summed E-state index contributed by atoms with van der Waals surface area (Å²) >= 11 is 2.07. The number of imidazole rings is 1. The fraction of sp³-hybridized carbons (Fsp3) is 0.400. The summed E-state index contributed by atoms with van der Waals surface area (Å²) in [6, 6.07) is 9.00. The Labute approximate surface area is 118 Å². The molecule has 0 bridgehead atoms. The largest absolute Gasteiger partial charge is 0.380 e. The summed E-state index contributed by atoms with van der Waals surface area (Å²) in [6.07, 6.45) is 8.21. The second-order valence-electron chi connectivity index (χ2n) is 4.96. The Morgan fingerprint density at radius 1 is 1.37 bits per heavy atom. The summed E-state index contributed by atoms with van der Waals surface area (Å²) in [7, 11) is 0. The highest BCUT2D eigenvalue weighted by atomic mass is 32.2. The number of aromatic nitrogens is 2. The fourth-order valence-electron chi connectivity index (χ4n) is 2.54. The Morgan fingerprint density at radius 3 is 3.05 bits per heavy atom. The first-order valence-electron chi connectivity index (χ1n) is 6.80. The maximum absolute atomic E-state index is 4.13. The van der Waals surface area contributed by atoms with Crippen molar-refractivity contribution in [2.24, 2.45) is 0 Å². The lowest BCUT2D eigenvalue weighted by atomic mass is 10.1. The third-order valence-corrected chi connectivity index (χ3v) is 5.01. The molecule has 1 aromatic carbocycles. The topological polar surface area (TPSA) is 29.9 Å². The predicted molar refractivity (Wildman–Crippen MR) is 82.1 cm³/mol. The molecule has 1 fully saturated rings. The zero-order chi connectivity index (χ0) is 13.1. The van der Waals surface area contributed by atoms with Gasteiger partial charge in [-0.3, -0.25) is 0 Å². The molecule has 4 heteroatoms. The van der Waals surface area contributed by atoms with Crippen LogP contribution in [0.1, 0.15) is 19.8 Å². The molecule has 2 heterocycles. The van der Waals surface area contributed by atoms with Gasteiger partial charge in [0.2, 0.25) is 0 Å². The highest BCUT2D eigenvalue weighted by molar-refractivity contribution is 8.00. The maximum atomic E-state index is 4.13. The Bertz CT molecular complexity index is 524. The van der Waals surface area contributed by atoms with Crippen LogP contribution >= 0.6 is 11.8 Å². The van der Waals surface area contributed by atoms with Crippen LogP contribution in [0.25, 0.3) is 5.69 Å². The SMILES string of the molecule is CC1SCCCC1Nc1ccccc1-n1ccnc1. The predicted octanol–water partition coefficient (Wildman–Crippen LogP) is 3.57. The van der Waals surface area contributed by atoms with Gasteiger partial charge in [0.1, 0.15) is 0 Å². The van der Waals surface area contributed by atoms with Gasteiger partial charge in [0.15, 0.2) is 0 Å². The van der Waals surface area contributed by atoms with Gasteiger partial charge < -0.3 is 9.88 Å². The van der Waals surface area contributed by atoms with Gasteiger partial charge in [-0.2, -0.15) is 11.8 Å². The van der Waals surface area contributed by atoms with E-state index < -0.39 is 0 Å². The van der Waals surface area contributed by atoms with Crippen LogP contribution in [-0.4, -0.2) is 26.6 Å². The minimum absolute atomic E-state index is 0.559. The lowest BCUT2D eigenvalue weighted by Crippen LogP contribution is -2.33. The molecule has 100 valence electrons. The molecule has 1 aliphatic rings. The second kappa shape index (κ2) is 5.70. The van der Waals surface area contributed by atoms with Gasteiger partial charge in [0, 0.05) is 23.7 Å². The van der Waals surface area contributed by atoms with Crippen molar-refractivity contribution < 1.29 is 0 Å². The fourth-order valence-corrected chi connectivity index (χ4v) is 3.68. The molecule has 2 aromatic rings. The van der Waals surface area contributed by atoms with Crippen LogP contribution in [0.2, 0.25) is 0 Å². The average Bonchev–Trinajstić information content (AvgIpc) is 2.96. The number of hydrogen-bond acceptors (Lipinski definition) is 3. The van der Waals surface area contributed by atoms with Crippen molar-refractivity contribution in [1.29, 1.82) is 0 Å². The first-order chi connectivity index (χ1) is 9.34. The molecule has 3 rings (SSSR count). The van der Waals surface area contributed by atoms with Crippen molar-refractivity contribution in [3.63, 3.8) is 0 Å². The number of hydrogen-bond donors (Lipinski definition) is 1. The normalized spacial score (nSPS) is 23.2. The molecule has 1 saturated heterocycles. The van der Waals surface area contributed by atoms with E-state index in [4.69, 9.17) is 0 Å². The maximum Gasteiger partial charge on any atom is 0.0992 e. The lowest BCUT2D eigenvalue weighted by Gasteiger charge is -2.30. The Hall–Kier alpha value is -1.42. The summed E-state index contributed by atoms with van der Waals surface area (Å²) in [5.74, 6) is 1.29. The third-order valence-electron chi connectivity index (χ3n) is 3.63. The van der Waals surface area contributed by atoms with E-state index >= 15 is 0 Å². The van der Waals surface area contributed by atoms with E-state index in [0.29, 0.717) is 11.3 Å². The number of thioether (sulfide) groups is 1. The van der Waals surface area contributed by atoms with Gasteiger partial charge in [-0.15, -0.1) is 0 Å². The van der Waals surface area contributed by atoms with Crippen LogP contribution in [0.4, 0.5) is 5.69 Å². The van der Waals surface area contributed by atoms with E-state index in [1.165, 1.54) is 30.0 Å². The zero-order valence-electron chi connectivity index (χ0n) is 11.1. The monoisotopic (exact) mass is 273 g/mol. The second-order valence-corrected chi connectivity index (χ2v) is 6.44. The van der Waals surface area contributed by atoms with Crippen molar-refractivity contribution in [1.82, 2.24) is 9.55 Å². The van der Waals surface area contributed by atoms with Gasteiger partial charge in [0.25, 0.3) is 0 Å². The standard InChI is InChI=1S/C15H19N3S/c1-12-13(6-4-10-19-12)17-14-5-2-3-7-15(14)18-9-8-16-11-18/h2-3,5,7-9,11-13,17H,4,6,10H2,1H3. The van der Waals surface area contributed by atoms with Gasteiger partial charge in [0.05, 0.1) is 17.7 Å². The van der Waals surface area contributed by atoms with E-state index in [0.717, 1.165) is 0 Å². The van der Waals surface area contributed by atoms with E-state index in [2.05, 4.69) is 57.8 Å². The van der Waals surface area contributed by atoms with E-state index in [-0.39, 0.29) is 0 Å². The smallest absolute Gasteiger partial charge is 0.0992 e. The molecule has 1 aliphatic heterocycles. The summed E-state index contributed by atoms with van der Waals surface area (Å²) in [4.78, 5) is 4.13. The van der Waals surface area contributed by atoms with Crippen molar-refractivity contribution in [2.45, 2.75) is 31.1 Å². The molecule has 19 heavy (non-hydrogen) atoms. The van der Waals surface area contributed by atoms with Gasteiger partial charge in [-0.05, 0) is 30.7 Å². The Balaban J connectivity index is 1.84. The number of anilines is 1. The van der Waals surface area contributed by atoms with E-state index in [1.54, 1.807) is 0 Å². The minimum Gasteiger partial charge on any atom is -0.380 e. The van der Waals surface area contributed by atoms with Gasteiger partial charge >= 0.3 is 0 Å². The lowest BCUT2D eigenvalue weighted by molar-refractivity contribution is 0.617. The van der Waals surface area contributed by atoms with Gasteiger partial charge in [-0.1, -0.05) is 19.1 Å². The Kier molecular flexibility index (Phi) is 3.78. The number of nitrogens with zero attached hydrogens (tertiary/aromatic N) is 2. The van der Waals surface area contributed by atoms with Crippen LogP contribution in [0.5, 0.6) is 0 Å². The molecule has 0 saturated carbocycles.